The average Bonchev–Trinajstić information content (AvgIpc) is 2.10. The van der Waals surface area contributed by atoms with E-state index in [1.54, 1.807) is 7.05 Å². The standard InChI is InChI=1S/C9H13NO3/c1-5(10-2)6-3-8(12)9(13)4-7(6)11/h3-5,10-13H,1-2H3. The van der Waals surface area contributed by atoms with Gasteiger partial charge in [0.2, 0.25) is 0 Å². The van der Waals surface area contributed by atoms with Crippen molar-refractivity contribution in [3.05, 3.63) is 17.7 Å². The first-order chi connectivity index (χ1) is 6.06. The fraction of sp³-hybridized carbons (Fsp3) is 0.333. The average molecular weight is 183 g/mol. The van der Waals surface area contributed by atoms with Crippen molar-refractivity contribution in [3.63, 3.8) is 0 Å². The monoisotopic (exact) mass is 183 g/mol. The molecule has 0 aromatic heterocycles. The molecule has 4 N–H and O–H groups in total. The SMILES string of the molecule is CNC(C)c1cc(O)c(O)cc1O. The van der Waals surface area contributed by atoms with Crippen LogP contribution in [0.5, 0.6) is 17.2 Å². The molecule has 0 aliphatic rings. The van der Waals surface area contributed by atoms with Gasteiger partial charge >= 0.3 is 0 Å². The molecule has 0 aliphatic carbocycles. The number of rotatable bonds is 2. The zero-order chi connectivity index (χ0) is 10.0. The van der Waals surface area contributed by atoms with E-state index in [1.165, 1.54) is 6.07 Å². The zero-order valence-corrected chi connectivity index (χ0v) is 7.57. The summed E-state index contributed by atoms with van der Waals surface area (Å²) in [6, 6.07) is 2.39. The number of hydrogen-bond donors (Lipinski definition) is 4. The maximum absolute atomic E-state index is 9.41. The normalized spacial score (nSPS) is 12.8. The molecule has 1 aromatic carbocycles. The molecule has 0 heterocycles. The Hall–Kier alpha value is -1.42. The molecular weight excluding hydrogens is 170 g/mol. The molecule has 1 rings (SSSR count). The molecule has 0 aliphatic heterocycles. The first kappa shape index (κ1) is 9.67. The van der Waals surface area contributed by atoms with Gasteiger partial charge in [0.25, 0.3) is 0 Å². The van der Waals surface area contributed by atoms with E-state index in [1.807, 2.05) is 6.92 Å². The summed E-state index contributed by atoms with van der Waals surface area (Å²) in [4.78, 5) is 0. The number of aromatic hydroxyl groups is 3. The predicted octanol–water partition coefficient (Wildman–Crippen LogP) is 1.08. The summed E-state index contributed by atoms with van der Waals surface area (Å²) in [6.07, 6.45) is 0. The van der Waals surface area contributed by atoms with Crippen LogP contribution >= 0.6 is 0 Å². The van der Waals surface area contributed by atoms with E-state index in [0.717, 1.165) is 6.07 Å². The molecule has 72 valence electrons. The lowest BCUT2D eigenvalue weighted by Crippen LogP contribution is -2.12. The Labute approximate surface area is 76.5 Å². The number of nitrogens with one attached hydrogen (secondary N) is 1. The molecule has 13 heavy (non-hydrogen) atoms. The van der Waals surface area contributed by atoms with Crippen molar-refractivity contribution in [2.75, 3.05) is 7.05 Å². The maximum atomic E-state index is 9.41. The summed E-state index contributed by atoms with van der Waals surface area (Å²) >= 11 is 0. The van der Waals surface area contributed by atoms with E-state index in [0.29, 0.717) is 5.56 Å². The van der Waals surface area contributed by atoms with Crippen LogP contribution in [0, 0.1) is 0 Å². The number of phenolic OH excluding ortho intramolecular Hbond substituents is 3. The highest BCUT2D eigenvalue weighted by molar-refractivity contribution is 5.49. The molecule has 0 spiro atoms. The lowest BCUT2D eigenvalue weighted by Gasteiger charge is -2.13. The van der Waals surface area contributed by atoms with Gasteiger partial charge in [-0.1, -0.05) is 0 Å². The van der Waals surface area contributed by atoms with Crippen molar-refractivity contribution in [3.8, 4) is 17.2 Å². The molecule has 0 amide bonds. The highest BCUT2D eigenvalue weighted by Crippen LogP contribution is 2.34. The third kappa shape index (κ3) is 1.84. The van der Waals surface area contributed by atoms with Gasteiger partial charge in [-0.15, -0.1) is 0 Å². The quantitative estimate of drug-likeness (QED) is 0.409. The van der Waals surface area contributed by atoms with E-state index in [9.17, 15) is 10.2 Å². The van der Waals surface area contributed by atoms with E-state index >= 15 is 0 Å². The zero-order valence-electron chi connectivity index (χ0n) is 7.57. The van der Waals surface area contributed by atoms with Crippen LogP contribution in [0.1, 0.15) is 18.5 Å². The summed E-state index contributed by atoms with van der Waals surface area (Å²) in [5.41, 5.74) is 0.554. The molecule has 4 heteroatoms. The van der Waals surface area contributed by atoms with Crippen LogP contribution in [0.4, 0.5) is 0 Å². The summed E-state index contributed by atoms with van der Waals surface area (Å²) < 4.78 is 0. The lowest BCUT2D eigenvalue weighted by atomic mass is 10.1. The van der Waals surface area contributed by atoms with Gasteiger partial charge < -0.3 is 20.6 Å². The number of hydrogen-bond acceptors (Lipinski definition) is 4. The van der Waals surface area contributed by atoms with Gasteiger partial charge in [0.15, 0.2) is 11.5 Å². The van der Waals surface area contributed by atoms with Crippen molar-refractivity contribution in [2.24, 2.45) is 0 Å². The highest BCUT2D eigenvalue weighted by Gasteiger charge is 2.11. The van der Waals surface area contributed by atoms with E-state index in [4.69, 9.17) is 5.11 Å². The third-order valence-corrected chi connectivity index (χ3v) is 2.02. The molecule has 1 unspecified atom stereocenters. The van der Waals surface area contributed by atoms with Crippen molar-refractivity contribution >= 4 is 0 Å². The van der Waals surface area contributed by atoms with Crippen molar-refractivity contribution in [2.45, 2.75) is 13.0 Å². The fourth-order valence-electron chi connectivity index (χ4n) is 1.08. The highest BCUT2D eigenvalue weighted by atomic mass is 16.3. The van der Waals surface area contributed by atoms with Crippen molar-refractivity contribution < 1.29 is 15.3 Å². The molecule has 0 fully saturated rings. The van der Waals surface area contributed by atoms with Crippen LogP contribution < -0.4 is 5.32 Å². The van der Waals surface area contributed by atoms with Crippen molar-refractivity contribution in [1.29, 1.82) is 0 Å². The Kier molecular flexibility index (Phi) is 2.63. The predicted molar refractivity (Wildman–Crippen MR) is 48.9 cm³/mol. The smallest absolute Gasteiger partial charge is 0.161 e. The Morgan fingerprint density at radius 3 is 2.15 bits per heavy atom. The number of benzene rings is 1. The maximum Gasteiger partial charge on any atom is 0.161 e. The molecular formula is C9H13NO3. The third-order valence-electron chi connectivity index (χ3n) is 2.02. The van der Waals surface area contributed by atoms with Crippen LogP contribution in [0.3, 0.4) is 0 Å². The van der Waals surface area contributed by atoms with E-state index in [-0.39, 0.29) is 23.3 Å². The van der Waals surface area contributed by atoms with Crippen molar-refractivity contribution in [1.82, 2.24) is 5.32 Å². The largest absolute Gasteiger partial charge is 0.507 e. The van der Waals surface area contributed by atoms with Crippen LogP contribution in [0.2, 0.25) is 0 Å². The van der Waals surface area contributed by atoms with Gasteiger partial charge in [-0.3, -0.25) is 0 Å². The Morgan fingerprint density at radius 1 is 1.08 bits per heavy atom. The van der Waals surface area contributed by atoms with Gasteiger partial charge in [-0.2, -0.15) is 0 Å². The van der Waals surface area contributed by atoms with Gasteiger partial charge in [0.1, 0.15) is 5.75 Å². The summed E-state index contributed by atoms with van der Waals surface area (Å²) in [6.45, 7) is 1.84. The first-order valence-electron chi connectivity index (χ1n) is 3.98. The summed E-state index contributed by atoms with van der Waals surface area (Å²) in [7, 11) is 1.74. The summed E-state index contributed by atoms with van der Waals surface area (Å²) in [5, 5.41) is 30.6. The molecule has 0 saturated carbocycles. The van der Waals surface area contributed by atoms with Gasteiger partial charge in [0, 0.05) is 17.7 Å². The second-order valence-corrected chi connectivity index (χ2v) is 2.91. The Bertz CT molecular complexity index is 312. The molecule has 0 bridgehead atoms. The molecule has 0 saturated heterocycles. The molecule has 1 aromatic rings. The first-order valence-corrected chi connectivity index (χ1v) is 3.98. The van der Waals surface area contributed by atoms with Crippen LogP contribution in [0.15, 0.2) is 12.1 Å². The minimum absolute atomic E-state index is 0.0304. The van der Waals surface area contributed by atoms with Gasteiger partial charge in [0.05, 0.1) is 0 Å². The topological polar surface area (TPSA) is 72.7 Å². The summed E-state index contributed by atoms with van der Waals surface area (Å²) in [5.74, 6) is -0.573. The molecule has 0 radical (unpaired) electrons. The van der Waals surface area contributed by atoms with E-state index < -0.39 is 0 Å². The second kappa shape index (κ2) is 3.53. The minimum atomic E-state index is -0.315. The molecule has 4 nitrogen and oxygen atoms in total. The fourth-order valence-corrected chi connectivity index (χ4v) is 1.08. The van der Waals surface area contributed by atoms with E-state index in [2.05, 4.69) is 5.32 Å². The lowest BCUT2D eigenvalue weighted by molar-refractivity contribution is 0.392. The van der Waals surface area contributed by atoms with Crippen LogP contribution in [-0.2, 0) is 0 Å². The molecule has 1 atom stereocenters. The van der Waals surface area contributed by atoms with Crippen LogP contribution in [-0.4, -0.2) is 22.4 Å². The Balaban J connectivity index is 3.15. The minimum Gasteiger partial charge on any atom is -0.507 e. The van der Waals surface area contributed by atoms with Crippen LogP contribution in [0.25, 0.3) is 0 Å². The second-order valence-electron chi connectivity index (χ2n) is 2.91. The van der Waals surface area contributed by atoms with Gasteiger partial charge in [-0.05, 0) is 20.0 Å². The van der Waals surface area contributed by atoms with Gasteiger partial charge in [-0.25, -0.2) is 0 Å². The number of phenols is 3. The Morgan fingerprint density at radius 2 is 1.62 bits per heavy atom.